The highest BCUT2D eigenvalue weighted by molar-refractivity contribution is 5.94. The van der Waals surface area contributed by atoms with E-state index in [1.54, 1.807) is 0 Å². The zero-order valence-electron chi connectivity index (χ0n) is 14.3. The molecule has 0 aliphatic heterocycles. The second kappa shape index (κ2) is 5.59. The van der Waals surface area contributed by atoms with E-state index in [2.05, 4.69) is 47.3 Å². The van der Waals surface area contributed by atoms with Gasteiger partial charge in [-0.1, -0.05) is 57.1 Å². The Bertz CT molecular complexity index is 506. The maximum absolute atomic E-state index is 12.7. The van der Waals surface area contributed by atoms with Crippen molar-refractivity contribution in [1.82, 2.24) is 0 Å². The lowest BCUT2D eigenvalue weighted by atomic mass is 9.48. The predicted octanol–water partition coefficient (Wildman–Crippen LogP) is 5.49. The van der Waals surface area contributed by atoms with Gasteiger partial charge in [-0.05, 0) is 55.9 Å². The lowest BCUT2D eigenvalue weighted by molar-refractivity contribution is -0.136. The highest BCUT2D eigenvalue weighted by atomic mass is 16.1. The number of carbonyl (C=O) groups excluding carboxylic acids is 1. The minimum absolute atomic E-state index is 0.107. The zero-order valence-corrected chi connectivity index (χ0v) is 14.3. The van der Waals surface area contributed by atoms with Crippen LogP contribution in [0.2, 0.25) is 0 Å². The highest BCUT2D eigenvalue weighted by Gasteiger charge is 2.54. The molecule has 2 aliphatic rings. The Morgan fingerprint density at radius 1 is 1.38 bits per heavy atom. The molecule has 0 unspecified atom stereocenters. The third-order valence-electron chi connectivity index (χ3n) is 5.98. The van der Waals surface area contributed by atoms with Gasteiger partial charge in [0, 0.05) is 5.92 Å². The molecule has 0 aromatic rings. The third-order valence-corrected chi connectivity index (χ3v) is 5.98. The molecular weight excluding hydrogens is 256 g/mol. The van der Waals surface area contributed by atoms with Crippen LogP contribution in [0.25, 0.3) is 0 Å². The monoisotopic (exact) mass is 286 g/mol. The lowest BCUT2D eigenvalue weighted by Gasteiger charge is -2.55. The molecule has 0 heterocycles. The van der Waals surface area contributed by atoms with Crippen molar-refractivity contribution in [3.8, 4) is 0 Å². The summed E-state index contributed by atoms with van der Waals surface area (Å²) in [4.78, 5) is 12.7. The number of hydrogen-bond donors (Lipinski definition) is 0. The highest BCUT2D eigenvalue weighted by Crippen LogP contribution is 2.59. The molecule has 2 rings (SSSR count). The van der Waals surface area contributed by atoms with Crippen LogP contribution in [-0.4, -0.2) is 5.78 Å². The van der Waals surface area contributed by atoms with Gasteiger partial charge in [-0.2, -0.15) is 0 Å². The molecule has 1 nitrogen and oxygen atoms in total. The van der Waals surface area contributed by atoms with E-state index in [1.807, 2.05) is 12.2 Å². The van der Waals surface area contributed by atoms with Gasteiger partial charge in [0.15, 0.2) is 5.78 Å². The van der Waals surface area contributed by atoms with Crippen molar-refractivity contribution in [2.75, 3.05) is 0 Å². The number of carbonyl (C=O) groups is 1. The second-order valence-electron chi connectivity index (χ2n) is 8.01. The van der Waals surface area contributed by atoms with Crippen molar-refractivity contribution in [2.45, 2.75) is 60.3 Å². The summed E-state index contributed by atoms with van der Waals surface area (Å²) < 4.78 is 0. The summed E-state index contributed by atoms with van der Waals surface area (Å²) in [6.45, 7) is 15.0. The van der Waals surface area contributed by atoms with E-state index in [0.717, 1.165) is 6.42 Å². The average molecular weight is 286 g/mol. The van der Waals surface area contributed by atoms with Gasteiger partial charge in [0.05, 0.1) is 0 Å². The standard InChI is InChI=1S/C20H30O/c1-7-14(2)9-10-16-15(3)13-17(21)18-19(4,5)11-8-12-20(16,18)6/h7,9,13,16,18H,1,8,10-12H2,2-6H3/b14-9+/t16-,18-,20+/m0/s1. The maximum Gasteiger partial charge on any atom is 0.159 e. The average Bonchev–Trinajstić information content (AvgIpc) is 2.35. The van der Waals surface area contributed by atoms with Crippen molar-refractivity contribution in [2.24, 2.45) is 22.7 Å². The number of hydrogen-bond acceptors (Lipinski definition) is 1. The quantitative estimate of drug-likeness (QED) is 0.627. The van der Waals surface area contributed by atoms with Gasteiger partial charge >= 0.3 is 0 Å². The molecule has 1 fully saturated rings. The topological polar surface area (TPSA) is 17.1 Å². The Kier molecular flexibility index (Phi) is 4.33. The molecule has 0 spiro atoms. The lowest BCUT2D eigenvalue weighted by Crippen LogP contribution is -2.52. The SMILES string of the molecule is C=C/C(C)=C/C[C@H]1C(C)=CC(=O)[C@H]2C(C)(C)CCC[C@]12C. The van der Waals surface area contributed by atoms with Gasteiger partial charge in [-0.15, -0.1) is 0 Å². The van der Waals surface area contributed by atoms with Crippen LogP contribution >= 0.6 is 0 Å². The van der Waals surface area contributed by atoms with Gasteiger partial charge in [0.2, 0.25) is 0 Å². The Morgan fingerprint density at radius 3 is 2.67 bits per heavy atom. The van der Waals surface area contributed by atoms with Crippen LogP contribution in [0.3, 0.4) is 0 Å². The first-order valence-electron chi connectivity index (χ1n) is 8.23. The molecular formula is C20H30O. The fourth-order valence-electron chi connectivity index (χ4n) is 4.96. The first-order valence-corrected chi connectivity index (χ1v) is 8.23. The molecule has 0 saturated heterocycles. The van der Waals surface area contributed by atoms with Gasteiger partial charge < -0.3 is 0 Å². The van der Waals surface area contributed by atoms with Crippen LogP contribution in [-0.2, 0) is 4.79 Å². The molecule has 21 heavy (non-hydrogen) atoms. The summed E-state index contributed by atoms with van der Waals surface area (Å²) in [5.74, 6) is 1.01. The minimum atomic E-state index is 0.107. The number of rotatable bonds is 3. The third kappa shape index (κ3) is 2.80. The fourth-order valence-corrected chi connectivity index (χ4v) is 4.96. The Hall–Kier alpha value is -1.11. The summed E-state index contributed by atoms with van der Waals surface area (Å²) in [6.07, 6.45) is 10.7. The van der Waals surface area contributed by atoms with Crippen LogP contribution in [0.15, 0.2) is 36.0 Å². The molecule has 1 heteroatoms. The summed E-state index contributed by atoms with van der Waals surface area (Å²) in [5, 5.41) is 0. The smallest absolute Gasteiger partial charge is 0.159 e. The van der Waals surface area contributed by atoms with E-state index in [9.17, 15) is 4.79 Å². The van der Waals surface area contributed by atoms with Crippen molar-refractivity contribution in [1.29, 1.82) is 0 Å². The normalized spacial score (nSPS) is 36.0. The fraction of sp³-hybridized carbons (Fsp3) is 0.650. The van der Waals surface area contributed by atoms with E-state index in [0.29, 0.717) is 11.7 Å². The van der Waals surface area contributed by atoms with Crippen molar-refractivity contribution in [3.05, 3.63) is 36.0 Å². The first kappa shape index (κ1) is 16.3. The van der Waals surface area contributed by atoms with Gasteiger partial charge in [-0.25, -0.2) is 0 Å². The molecule has 0 radical (unpaired) electrons. The molecule has 3 atom stereocenters. The molecule has 0 amide bonds. The molecule has 2 aliphatic carbocycles. The van der Waals surface area contributed by atoms with Crippen LogP contribution < -0.4 is 0 Å². The predicted molar refractivity (Wildman–Crippen MR) is 90.1 cm³/mol. The van der Waals surface area contributed by atoms with E-state index in [-0.39, 0.29) is 16.7 Å². The van der Waals surface area contributed by atoms with E-state index < -0.39 is 0 Å². The summed E-state index contributed by atoms with van der Waals surface area (Å²) >= 11 is 0. The van der Waals surface area contributed by atoms with Gasteiger partial charge in [0.1, 0.15) is 0 Å². The Balaban J connectivity index is 2.42. The molecule has 0 N–H and O–H groups in total. The molecule has 0 aromatic heterocycles. The van der Waals surface area contributed by atoms with E-state index >= 15 is 0 Å². The molecule has 1 saturated carbocycles. The summed E-state index contributed by atoms with van der Waals surface area (Å²) in [7, 11) is 0. The van der Waals surface area contributed by atoms with Crippen LogP contribution in [0, 0.1) is 22.7 Å². The Labute approximate surface area is 130 Å². The largest absolute Gasteiger partial charge is 0.295 e. The van der Waals surface area contributed by atoms with Gasteiger partial charge in [0.25, 0.3) is 0 Å². The number of fused-ring (bicyclic) bond motifs is 1. The van der Waals surface area contributed by atoms with Crippen molar-refractivity contribution in [3.63, 3.8) is 0 Å². The Morgan fingerprint density at radius 2 is 2.05 bits per heavy atom. The number of allylic oxidation sites excluding steroid dienone is 5. The van der Waals surface area contributed by atoms with Crippen molar-refractivity contribution >= 4 is 5.78 Å². The first-order chi connectivity index (χ1) is 9.72. The van der Waals surface area contributed by atoms with Crippen molar-refractivity contribution < 1.29 is 4.79 Å². The summed E-state index contributed by atoms with van der Waals surface area (Å²) in [5.41, 5.74) is 2.73. The van der Waals surface area contributed by atoms with Crippen LogP contribution in [0.1, 0.15) is 60.3 Å². The number of ketones is 1. The molecule has 0 aromatic carbocycles. The summed E-state index contributed by atoms with van der Waals surface area (Å²) in [6, 6.07) is 0. The van der Waals surface area contributed by atoms with Crippen LogP contribution in [0.5, 0.6) is 0 Å². The molecule has 0 bridgehead atoms. The van der Waals surface area contributed by atoms with E-state index in [4.69, 9.17) is 0 Å². The maximum atomic E-state index is 12.7. The van der Waals surface area contributed by atoms with E-state index in [1.165, 1.54) is 30.4 Å². The zero-order chi connectivity index (χ0) is 15.8. The molecule has 116 valence electrons. The van der Waals surface area contributed by atoms with Gasteiger partial charge in [-0.3, -0.25) is 4.79 Å². The van der Waals surface area contributed by atoms with Crippen LogP contribution in [0.4, 0.5) is 0 Å². The minimum Gasteiger partial charge on any atom is -0.295 e. The second-order valence-corrected chi connectivity index (χ2v) is 8.01.